The fourth-order valence-electron chi connectivity index (χ4n) is 1.44. The quantitative estimate of drug-likeness (QED) is 0.765. The molecular weight excluding hydrogens is 260 g/mol. The fourth-order valence-corrected chi connectivity index (χ4v) is 1.44. The lowest BCUT2D eigenvalue weighted by Crippen LogP contribution is -2.47. The molecule has 0 fully saturated rings. The van der Waals surface area contributed by atoms with Crippen LogP contribution in [0.5, 0.6) is 6.01 Å². The van der Waals surface area contributed by atoms with E-state index >= 15 is 0 Å². The van der Waals surface area contributed by atoms with Crippen LogP contribution in [0.1, 0.15) is 27.2 Å². The molecule has 0 aliphatic rings. The van der Waals surface area contributed by atoms with Gasteiger partial charge in [-0.3, -0.25) is 10.2 Å². The number of nitrogens with zero attached hydrogens (tertiary/aromatic N) is 5. The van der Waals surface area contributed by atoms with Gasteiger partial charge in [0.2, 0.25) is 11.9 Å². The zero-order chi connectivity index (χ0) is 15.3. The zero-order valence-electron chi connectivity index (χ0n) is 12.8. The lowest BCUT2D eigenvalue weighted by atomic mass is 10.2. The Morgan fingerprint density at radius 1 is 1.30 bits per heavy atom. The number of hydrogen-bond donors (Lipinski definition) is 1. The van der Waals surface area contributed by atoms with Crippen LogP contribution in [0.3, 0.4) is 0 Å². The first-order valence-corrected chi connectivity index (χ1v) is 6.42. The van der Waals surface area contributed by atoms with E-state index < -0.39 is 0 Å². The number of hydrazine groups is 1. The summed E-state index contributed by atoms with van der Waals surface area (Å²) < 4.78 is 5.09. The number of amides is 1. The van der Waals surface area contributed by atoms with E-state index in [0.29, 0.717) is 11.9 Å². The highest BCUT2D eigenvalue weighted by molar-refractivity contribution is 5.74. The highest BCUT2D eigenvalue weighted by Crippen LogP contribution is 2.17. The predicted molar refractivity (Wildman–Crippen MR) is 76.8 cm³/mol. The Morgan fingerprint density at radius 3 is 2.35 bits per heavy atom. The maximum absolute atomic E-state index is 11.4. The Hall–Kier alpha value is -2.12. The van der Waals surface area contributed by atoms with Gasteiger partial charge in [0.25, 0.3) is 5.95 Å². The molecule has 1 aromatic rings. The number of carbonyl (C=O) groups is 1. The Labute approximate surface area is 119 Å². The molecular formula is C12H22N6O2. The van der Waals surface area contributed by atoms with Gasteiger partial charge in [0, 0.05) is 21.0 Å². The molecule has 0 aliphatic heterocycles. The van der Waals surface area contributed by atoms with Crippen molar-refractivity contribution >= 4 is 17.8 Å². The van der Waals surface area contributed by atoms with Crippen LogP contribution in [0.2, 0.25) is 0 Å². The zero-order valence-corrected chi connectivity index (χ0v) is 12.8. The lowest BCUT2D eigenvalue weighted by Gasteiger charge is -2.28. The molecule has 0 spiro atoms. The van der Waals surface area contributed by atoms with E-state index in [9.17, 15) is 4.79 Å². The van der Waals surface area contributed by atoms with E-state index in [1.54, 1.807) is 9.91 Å². The van der Waals surface area contributed by atoms with Gasteiger partial charge >= 0.3 is 6.01 Å². The van der Waals surface area contributed by atoms with Gasteiger partial charge < -0.3 is 9.64 Å². The number of anilines is 2. The number of ether oxygens (including phenoxy) is 1. The highest BCUT2D eigenvalue weighted by atomic mass is 16.5. The molecule has 1 rings (SSSR count). The predicted octanol–water partition coefficient (Wildman–Crippen LogP) is 0.602. The van der Waals surface area contributed by atoms with Crippen LogP contribution in [0, 0.1) is 0 Å². The minimum Gasteiger partial charge on any atom is -0.467 e. The van der Waals surface area contributed by atoms with Gasteiger partial charge in [-0.15, -0.1) is 0 Å². The molecule has 1 amide bonds. The second kappa shape index (κ2) is 6.88. The molecule has 1 N–H and O–H groups in total. The summed E-state index contributed by atoms with van der Waals surface area (Å²) >= 11 is 0. The number of rotatable bonds is 6. The average Bonchev–Trinajstić information content (AvgIpc) is 2.43. The Kier molecular flexibility index (Phi) is 5.48. The molecule has 0 saturated heterocycles. The van der Waals surface area contributed by atoms with Gasteiger partial charge in [-0.1, -0.05) is 6.92 Å². The summed E-state index contributed by atoms with van der Waals surface area (Å²) in [5.74, 6) is 0.631. The van der Waals surface area contributed by atoms with Gasteiger partial charge in [0.15, 0.2) is 0 Å². The molecule has 0 bridgehead atoms. The number of hydrogen-bond acceptors (Lipinski definition) is 7. The van der Waals surface area contributed by atoms with Crippen LogP contribution in [0.15, 0.2) is 0 Å². The summed E-state index contributed by atoms with van der Waals surface area (Å²) in [5, 5.41) is 1.62. The molecule has 0 radical (unpaired) electrons. The molecule has 0 saturated carbocycles. The summed E-state index contributed by atoms with van der Waals surface area (Å²) in [6, 6.07) is 0.248. The van der Waals surface area contributed by atoms with Gasteiger partial charge in [-0.05, 0) is 13.3 Å². The average molecular weight is 282 g/mol. The monoisotopic (exact) mass is 282 g/mol. The van der Waals surface area contributed by atoms with Crippen molar-refractivity contribution in [2.75, 3.05) is 31.1 Å². The van der Waals surface area contributed by atoms with Crippen LogP contribution in [0.4, 0.5) is 11.9 Å². The van der Waals surface area contributed by atoms with E-state index in [4.69, 9.17) is 4.74 Å². The Balaban J connectivity index is 3.23. The number of aromatic nitrogens is 3. The topological polar surface area (TPSA) is 83.5 Å². The molecule has 1 heterocycles. The number of methoxy groups -OCH3 is 1. The van der Waals surface area contributed by atoms with Crippen molar-refractivity contribution < 1.29 is 9.53 Å². The van der Waals surface area contributed by atoms with Crippen molar-refractivity contribution in [2.45, 2.75) is 33.2 Å². The van der Waals surface area contributed by atoms with Gasteiger partial charge in [-0.2, -0.15) is 15.0 Å². The van der Waals surface area contributed by atoms with E-state index in [2.05, 4.69) is 20.4 Å². The Morgan fingerprint density at radius 2 is 1.90 bits per heavy atom. The Bertz CT molecular complexity index is 465. The molecule has 20 heavy (non-hydrogen) atoms. The van der Waals surface area contributed by atoms with E-state index in [1.165, 1.54) is 14.0 Å². The highest BCUT2D eigenvalue weighted by Gasteiger charge is 2.20. The SMILES string of the molecule is CCC(C)N(NC(C)=O)c1nc(OC)nc(N(C)C)n1. The minimum atomic E-state index is -0.184. The van der Waals surface area contributed by atoms with Crippen LogP contribution < -0.4 is 20.1 Å². The molecule has 1 atom stereocenters. The molecule has 0 aliphatic carbocycles. The first kappa shape index (κ1) is 15.9. The summed E-state index contributed by atoms with van der Waals surface area (Å²) in [6.07, 6.45) is 0.825. The second-order valence-corrected chi connectivity index (χ2v) is 4.61. The standard InChI is InChI=1S/C12H22N6O2/c1-7-8(2)18(16-9(3)19)11-13-10(17(4)5)14-12(15-11)20-6/h8H,7H2,1-6H3,(H,16,19). The molecule has 8 nitrogen and oxygen atoms in total. The van der Waals surface area contributed by atoms with Crippen molar-refractivity contribution in [2.24, 2.45) is 0 Å². The van der Waals surface area contributed by atoms with Crippen LogP contribution in [-0.4, -0.2) is 48.1 Å². The van der Waals surface area contributed by atoms with E-state index in [1.807, 2.05) is 27.9 Å². The summed E-state index contributed by atoms with van der Waals surface area (Å²) in [7, 11) is 5.14. The van der Waals surface area contributed by atoms with Crippen molar-refractivity contribution in [1.82, 2.24) is 20.4 Å². The molecule has 0 aromatic carbocycles. The van der Waals surface area contributed by atoms with Crippen molar-refractivity contribution in [3.8, 4) is 6.01 Å². The van der Waals surface area contributed by atoms with E-state index in [-0.39, 0.29) is 18.0 Å². The van der Waals surface area contributed by atoms with Crippen molar-refractivity contribution in [1.29, 1.82) is 0 Å². The van der Waals surface area contributed by atoms with Crippen LogP contribution in [-0.2, 0) is 4.79 Å². The third-order valence-electron chi connectivity index (χ3n) is 2.70. The van der Waals surface area contributed by atoms with Gasteiger partial charge in [0.1, 0.15) is 0 Å². The second-order valence-electron chi connectivity index (χ2n) is 4.61. The molecule has 1 unspecified atom stereocenters. The first-order valence-electron chi connectivity index (χ1n) is 6.42. The first-order chi connectivity index (χ1) is 9.38. The minimum absolute atomic E-state index is 0.0426. The normalized spacial score (nSPS) is 11.7. The largest absolute Gasteiger partial charge is 0.467 e. The maximum Gasteiger partial charge on any atom is 0.322 e. The van der Waals surface area contributed by atoms with E-state index in [0.717, 1.165) is 6.42 Å². The molecule has 8 heteroatoms. The number of nitrogens with one attached hydrogen (secondary N) is 1. The summed E-state index contributed by atoms with van der Waals surface area (Å²) in [6.45, 7) is 5.44. The maximum atomic E-state index is 11.4. The fraction of sp³-hybridized carbons (Fsp3) is 0.667. The van der Waals surface area contributed by atoms with Gasteiger partial charge in [0.05, 0.1) is 13.2 Å². The lowest BCUT2D eigenvalue weighted by molar-refractivity contribution is -0.119. The smallest absolute Gasteiger partial charge is 0.322 e. The number of carbonyl (C=O) groups excluding carboxylic acids is 1. The van der Waals surface area contributed by atoms with Crippen molar-refractivity contribution in [3.63, 3.8) is 0 Å². The van der Waals surface area contributed by atoms with Gasteiger partial charge in [-0.25, -0.2) is 5.01 Å². The molecule has 1 aromatic heterocycles. The van der Waals surface area contributed by atoms with Crippen LogP contribution >= 0.6 is 0 Å². The summed E-state index contributed by atoms with van der Waals surface area (Å²) in [4.78, 5) is 25.8. The summed E-state index contributed by atoms with van der Waals surface area (Å²) in [5.41, 5.74) is 2.73. The van der Waals surface area contributed by atoms with Crippen molar-refractivity contribution in [3.05, 3.63) is 0 Å². The molecule has 112 valence electrons. The third-order valence-corrected chi connectivity index (χ3v) is 2.70. The third kappa shape index (κ3) is 3.94. The van der Waals surface area contributed by atoms with Crippen LogP contribution in [0.25, 0.3) is 0 Å².